The summed E-state index contributed by atoms with van der Waals surface area (Å²) >= 11 is 1.11. The molecule has 0 aliphatic heterocycles. The van der Waals surface area contributed by atoms with E-state index < -0.39 is 0 Å². The molecule has 0 bridgehead atoms. The number of carbonyl (C=O) groups is 1. The molecule has 0 atom stereocenters. The van der Waals surface area contributed by atoms with Crippen molar-refractivity contribution in [1.82, 2.24) is 20.1 Å². The Morgan fingerprint density at radius 1 is 1.00 bits per heavy atom. The van der Waals surface area contributed by atoms with Crippen molar-refractivity contribution in [3.63, 3.8) is 0 Å². The number of ether oxygens (including phenoxy) is 1. The molecule has 4 N–H and O–H groups in total. The number of phenolic OH excluding ortho intramolecular Hbond substituents is 2. The van der Waals surface area contributed by atoms with Gasteiger partial charge in [0, 0.05) is 26.2 Å². The van der Waals surface area contributed by atoms with E-state index in [-0.39, 0.29) is 56.2 Å². The Morgan fingerprint density at radius 2 is 1.77 bits per heavy atom. The van der Waals surface area contributed by atoms with Gasteiger partial charge in [0.25, 0.3) is 0 Å². The van der Waals surface area contributed by atoms with Crippen LogP contribution in [-0.2, 0) is 22.4 Å². The third-order valence-corrected chi connectivity index (χ3v) is 7.57. The molecule has 0 spiro atoms. The van der Waals surface area contributed by atoms with E-state index in [1.54, 1.807) is 18.2 Å². The highest BCUT2D eigenvalue weighted by Gasteiger charge is 2.15. The zero-order valence-electron chi connectivity index (χ0n) is 23.2. The molecule has 0 saturated carbocycles. The zero-order chi connectivity index (χ0) is 27.3. The summed E-state index contributed by atoms with van der Waals surface area (Å²) in [5, 5.41) is 23.0. The highest BCUT2D eigenvalue weighted by Crippen LogP contribution is 2.27. The quantitative estimate of drug-likeness (QED) is 0.156. The third kappa shape index (κ3) is 11.5. The van der Waals surface area contributed by atoms with Crippen LogP contribution in [0.4, 0.5) is 0 Å². The average Bonchev–Trinajstić information content (AvgIpc) is 3.31. The van der Waals surface area contributed by atoms with Crippen molar-refractivity contribution in [2.45, 2.75) is 33.1 Å². The molecule has 12 heteroatoms. The number of carbonyl (C=O) groups excluding carboxylic acids is 1. The second-order valence-corrected chi connectivity index (χ2v) is 10.1. The molecule has 0 unspecified atom stereocenters. The van der Waals surface area contributed by atoms with E-state index in [0.29, 0.717) is 64.2 Å². The maximum Gasteiger partial charge on any atom is 0.305 e. The van der Waals surface area contributed by atoms with Crippen LogP contribution in [0, 0.1) is 0 Å². The van der Waals surface area contributed by atoms with Crippen molar-refractivity contribution in [1.29, 1.82) is 0 Å². The molecule has 2 aromatic carbocycles. The van der Waals surface area contributed by atoms with Crippen molar-refractivity contribution in [3.05, 3.63) is 57.2 Å². The van der Waals surface area contributed by atoms with Crippen molar-refractivity contribution in [3.8, 4) is 11.5 Å². The normalized spacial score (nSPS) is 10.9. The predicted molar refractivity (Wildman–Crippen MR) is 173 cm³/mol. The molecule has 0 radical (unpaired) electrons. The summed E-state index contributed by atoms with van der Waals surface area (Å²) in [4.78, 5) is 31.4. The molecule has 3 aromatic rings. The molecule has 224 valence electrons. The standard InChI is InChI=1S/C28H40N4O5S.2BrH/c1-3-31(4-2)16-17-32(25(35)12-19-37-18-11-21-6-5-7-23(33)20-21)15-14-29-13-10-22-8-9-24(34)26-27(22)38-28(36)30-26;;/h5-9,20,29,33-34H,3-4,10-19H2,1-2H3,(H,30,36);2*1H. The van der Waals surface area contributed by atoms with Crippen LogP contribution in [0.1, 0.15) is 31.4 Å². The second kappa shape index (κ2) is 19.2. The number of rotatable bonds is 17. The minimum absolute atomic E-state index is 0. The SMILES string of the molecule is Br.Br.CCN(CC)CCN(CCNCCc1ccc(O)c2[nH]c(=O)sc12)C(=O)CCOCCc1cccc(O)c1. The number of thiazole rings is 1. The third-order valence-electron chi connectivity index (χ3n) is 6.61. The highest BCUT2D eigenvalue weighted by molar-refractivity contribution is 8.93. The van der Waals surface area contributed by atoms with E-state index >= 15 is 0 Å². The number of halogens is 2. The van der Waals surface area contributed by atoms with Crippen molar-refractivity contribution >= 4 is 61.4 Å². The van der Waals surface area contributed by atoms with E-state index in [2.05, 4.69) is 29.0 Å². The lowest BCUT2D eigenvalue weighted by atomic mass is 10.1. The van der Waals surface area contributed by atoms with E-state index in [9.17, 15) is 19.8 Å². The molecule has 1 aromatic heterocycles. The number of hydrogen-bond donors (Lipinski definition) is 4. The first-order valence-corrected chi connectivity index (χ1v) is 14.1. The number of amides is 1. The number of H-pyrrole nitrogens is 1. The number of nitrogens with one attached hydrogen (secondary N) is 2. The summed E-state index contributed by atoms with van der Waals surface area (Å²) in [5.41, 5.74) is 2.50. The van der Waals surface area contributed by atoms with Crippen molar-refractivity contribution in [2.75, 3.05) is 59.0 Å². The van der Waals surface area contributed by atoms with Crippen molar-refractivity contribution in [2.24, 2.45) is 0 Å². The lowest BCUT2D eigenvalue weighted by Gasteiger charge is -2.27. The first-order valence-electron chi connectivity index (χ1n) is 13.3. The number of phenols is 2. The Hall–Kier alpha value is -1.96. The Bertz CT molecular complexity index is 1220. The summed E-state index contributed by atoms with van der Waals surface area (Å²) in [6.07, 6.45) is 1.73. The molecule has 1 amide bonds. The van der Waals surface area contributed by atoms with Crippen LogP contribution in [0.2, 0.25) is 0 Å². The maximum atomic E-state index is 13.0. The molecule has 9 nitrogen and oxygen atoms in total. The van der Waals surface area contributed by atoms with Gasteiger partial charge in [0.1, 0.15) is 17.0 Å². The fraction of sp³-hybridized carbons (Fsp3) is 0.500. The Morgan fingerprint density at radius 3 is 2.50 bits per heavy atom. The van der Waals surface area contributed by atoms with E-state index in [1.807, 2.05) is 23.1 Å². The molecule has 0 fully saturated rings. The van der Waals surface area contributed by atoms with Gasteiger partial charge in [-0.1, -0.05) is 43.4 Å². The van der Waals surface area contributed by atoms with Crippen LogP contribution in [0.5, 0.6) is 11.5 Å². The minimum Gasteiger partial charge on any atom is -0.508 e. The Balaban J connectivity index is 0.00000400. The summed E-state index contributed by atoms with van der Waals surface area (Å²) in [5.74, 6) is 0.405. The molecule has 1 heterocycles. The summed E-state index contributed by atoms with van der Waals surface area (Å²) in [6.45, 7) is 10.5. The molecule has 0 aliphatic rings. The maximum absolute atomic E-state index is 13.0. The van der Waals surface area contributed by atoms with Gasteiger partial charge < -0.3 is 35.1 Å². The van der Waals surface area contributed by atoms with Gasteiger partial charge in [-0.3, -0.25) is 9.59 Å². The van der Waals surface area contributed by atoms with Crippen molar-refractivity contribution < 1.29 is 19.7 Å². The van der Waals surface area contributed by atoms with Gasteiger partial charge in [-0.15, -0.1) is 34.0 Å². The molecular formula is C28H42Br2N4O5S. The van der Waals surface area contributed by atoms with Crippen LogP contribution in [0.25, 0.3) is 10.2 Å². The number of benzene rings is 2. The van der Waals surface area contributed by atoms with E-state index in [1.165, 1.54) is 0 Å². The molecular weight excluding hydrogens is 664 g/mol. The number of aromatic nitrogens is 1. The fourth-order valence-electron chi connectivity index (χ4n) is 4.32. The van der Waals surface area contributed by atoms with Gasteiger partial charge in [0.05, 0.1) is 24.3 Å². The number of aromatic hydroxyl groups is 2. The number of hydrogen-bond acceptors (Lipinski definition) is 8. The van der Waals surface area contributed by atoms with Crippen LogP contribution in [-0.4, -0.2) is 89.9 Å². The Kier molecular flexibility index (Phi) is 17.3. The summed E-state index contributed by atoms with van der Waals surface area (Å²) in [7, 11) is 0. The predicted octanol–water partition coefficient (Wildman–Crippen LogP) is 4.11. The fourth-order valence-corrected chi connectivity index (χ4v) is 5.21. The van der Waals surface area contributed by atoms with Crippen LogP contribution < -0.4 is 10.2 Å². The van der Waals surface area contributed by atoms with Gasteiger partial charge in [-0.25, -0.2) is 0 Å². The van der Waals surface area contributed by atoms with Crippen LogP contribution in [0.15, 0.2) is 41.2 Å². The van der Waals surface area contributed by atoms with E-state index in [4.69, 9.17) is 4.74 Å². The minimum atomic E-state index is -0.179. The zero-order valence-corrected chi connectivity index (χ0v) is 27.4. The number of likely N-dealkylation sites (N-methyl/N-ethyl adjacent to an activating group) is 1. The molecule has 0 aliphatic carbocycles. The lowest BCUT2D eigenvalue weighted by molar-refractivity contribution is -0.132. The van der Waals surface area contributed by atoms with Crippen LogP contribution >= 0.6 is 45.3 Å². The highest BCUT2D eigenvalue weighted by atomic mass is 79.9. The van der Waals surface area contributed by atoms with Crippen LogP contribution in [0.3, 0.4) is 0 Å². The largest absolute Gasteiger partial charge is 0.508 e. The van der Waals surface area contributed by atoms with Gasteiger partial charge >= 0.3 is 4.87 Å². The number of fused-ring (bicyclic) bond motifs is 1. The monoisotopic (exact) mass is 704 g/mol. The van der Waals surface area contributed by atoms with Gasteiger partial charge in [0.15, 0.2) is 0 Å². The van der Waals surface area contributed by atoms with E-state index in [0.717, 1.165) is 46.8 Å². The van der Waals surface area contributed by atoms with Gasteiger partial charge in [0.2, 0.25) is 5.91 Å². The topological polar surface area (TPSA) is 118 Å². The molecule has 40 heavy (non-hydrogen) atoms. The first-order chi connectivity index (χ1) is 18.4. The summed E-state index contributed by atoms with van der Waals surface area (Å²) < 4.78 is 6.50. The number of nitrogens with zero attached hydrogens (tertiary/aromatic N) is 2. The molecule has 0 saturated heterocycles. The summed E-state index contributed by atoms with van der Waals surface area (Å²) in [6, 6.07) is 10.6. The first kappa shape index (κ1) is 36.1. The average molecular weight is 707 g/mol. The second-order valence-electron chi connectivity index (χ2n) is 9.15. The Labute approximate surface area is 261 Å². The smallest absolute Gasteiger partial charge is 0.305 e. The van der Waals surface area contributed by atoms with Gasteiger partial charge in [-0.2, -0.15) is 0 Å². The van der Waals surface area contributed by atoms with Gasteiger partial charge in [-0.05, 0) is 61.8 Å². The number of aromatic amines is 1. The molecule has 3 rings (SSSR count). The lowest BCUT2D eigenvalue weighted by Crippen LogP contribution is -2.42.